The first-order valence-electron chi connectivity index (χ1n) is 11.4. The van der Waals surface area contributed by atoms with Crippen molar-refractivity contribution in [1.82, 2.24) is 15.2 Å². The van der Waals surface area contributed by atoms with Gasteiger partial charge in [0.2, 0.25) is 5.91 Å². The Morgan fingerprint density at radius 2 is 1.97 bits per heavy atom. The monoisotopic (exact) mass is 433 g/mol. The molecule has 0 aliphatic carbocycles. The molecular weight excluding hydrogens is 402 g/mol. The molecule has 1 aromatic heterocycles. The van der Waals surface area contributed by atoms with Crippen LogP contribution in [0.5, 0.6) is 5.75 Å². The number of aromatic nitrogens is 1. The number of rotatable bonds is 3. The van der Waals surface area contributed by atoms with E-state index >= 15 is 0 Å². The van der Waals surface area contributed by atoms with Crippen LogP contribution >= 0.6 is 0 Å². The lowest BCUT2D eigenvalue weighted by Gasteiger charge is -2.41. The van der Waals surface area contributed by atoms with E-state index in [0.717, 1.165) is 55.6 Å². The van der Waals surface area contributed by atoms with E-state index in [1.54, 1.807) is 6.20 Å². The smallest absolute Gasteiger partial charge is 0.257 e. The highest BCUT2D eigenvalue weighted by molar-refractivity contribution is 5.78. The number of aryl methyl sites for hydroxylation is 1. The van der Waals surface area contributed by atoms with Gasteiger partial charge >= 0.3 is 0 Å². The van der Waals surface area contributed by atoms with Crippen molar-refractivity contribution in [3.8, 4) is 5.75 Å². The number of fused-ring (bicyclic) bond motifs is 1. The lowest BCUT2D eigenvalue weighted by Crippen LogP contribution is -2.48. The highest BCUT2D eigenvalue weighted by Gasteiger charge is 2.35. The zero-order valence-electron chi connectivity index (χ0n) is 18.5. The van der Waals surface area contributed by atoms with Crippen LogP contribution in [0.25, 0.3) is 0 Å². The fraction of sp³-hybridized carbons (Fsp3) is 0.423. The topological polar surface area (TPSA) is 71.5 Å². The van der Waals surface area contributed by atoms with E-state index in [1.807, 2.05) is 47.5 Å². The van der Waals surface area contributed by atoms with Crippen molar-refractivity contribution in [2.24, 2.45) is 5.41 Å². The third-order valence-corrected chi connectivity index (χ3v) is 6.57. The minimum Gasteiger partial charge on any atom is -0.483 e. The van der Waals surface area contributed by atoms with Crippen LogP contribution in [0.4, 0.5) is 0 Å². The average Bonchev–Trinajstić information content (AvgIpc) is 2.84. The van der Waals surface area contributed by atoms with Crippen LogP contribution in [0.15, 0.2) is 60.9 Å². The van der Waals surface area contributed by atoms with Gasteiger partial charge in [-0.05, 0) is 60.8 Å². The van der Waals surface area contributed by atoms with Gasteiger partial charge in [-0.3, -0.25) is 14.6 Å². The minimum absolute atomic E-state index is 0.0228. The van der Waals surface area contributed by atoms with Crippen molar-refractivity contribution in [3.05, 3.63) is 72.1 Å². The summed E-state index contributed by atoms with van der Waals surface area (Å²) < 4.78 is 5.76. The van der Waals surface area contributed by atoms with Crippen LogP contribution in [0.1, 0.15) is 36.8 Å². The van der Waals surface area contributed by atoms with E-state index in [0.29, 0.717) is 19.4 Å². The number of para-hydroxylation sites is 1. The van der Waals surface area contributed by atoms with Crippen LogP contribution in [-0.4, -0.2) is 47.9 Å². The molecule has 0 radical (unpaired) electrons. The third-order valence-electron chi connectivity index (χ3n) is 6.57. The number of hydrogen-bond donors (Lipinski definition) is 1. The number of likely N-dealkylation sites (tertiary alicyclic amines) is 1. The van der Waals surface area contributed by atoms with Crippen molar-refractivity contribution < 1.29 is 14.3 Å². The predicted molar refractivity (Wildman–Crippen MR) is 123 cm³/mol. The van der Waals surface area contributed by atoms with Crippen molar-refractivity contribution in [2.45, 2.75) is 38.5 Å². The fourth-order valence-electron chi connectivity index (χ4n) is 4.48. The van der Waals surface area contributed by atoms with Crippen LogP contribution in [0.3, 0.4) is 0 Å². The van der Waals surface area contributed by atoms with Gasteiger partial charge in [-0.2, -0.15) is 0 Å². The van der Waals surface area contributed by atoms with Crippen molar-refractivity contribution in [1.29, 1.82) is 0 Å². The molecule has 32 heavy (non-hydrogen) atoms. The van der Waals surface area contributed by atoms with Gasteiger partial charge in [0.05, 0.1) is 0 Å². The van der Waals surface area contributed by atoms with E-state index in [9.17, 15) is 9.59 Å². The Morgan fingerprint density at radius 1 is 1.12 bits per heavy atom. The predicted octanol–water partition coefficient (Wildman–Crippen LogP) is 3.32. The maximum Gasteiger partial charge on any atom is 0.257 e. The maximum atomic E-state index is 12.7. The lowest BCUT2D eigenvalue weighted by atomic mass is 9.75. The Kier molecular flexibility index (Phi) is 7.20. The maximum absolute atomic E-state index is 12.7. The van der Waals surface area contributed by atoms with Crippen LogP contribution in [-0.2, 0) is 22.4 Å². The highest BCUT2D eigenvalue weighted by atomic mass is 16.5. The van der Waals surface area contributed by atoms with Crippen LogP contribution in [0, 0.1) is 5.41 Å². The van der Waals surface area contributed by atoms with E-state index < -0.39 is 0 Å². The first-order valence-corrected chi connectivity index (χ1v) is 11.4. The number of piperidine rings is 1. The second kappa shape index (κ2) is 10.4. The molecule has 2 aliphatic rings. The zero-order chi connectivity index (χ0) is 22.2. The van der Waals surface area contributed by atoms with Gasteiger partial charge in [0.25, 0.3) is 5.91 Å². The number of allylic oxidation sites excluding steroid dienone is 2. The van der Waals surface area contributed by atoms with Gasteiger partial charge in [-0.25, -0.2) is 0 Å². The molecule has 6 nitrogen and oxygen atoms in total. The summed E-state index contributed by atoms with van der Waals surface area (Å²) in [7, 11) is 0. The summed E-state index contributed by atoms with van der Waals surface area (Å²) in [5.41, 5.74) is 2.15. The van der Waals surface area contributed by atoms with E-state index in [-0.39, 0.29) is 23.8 Å². The standard InChI is InChI=1S/C26H31N3O3/c30-24-19-32-23-9-2-1-7-22(23)8-3-4-12-26(20-28-24)13-16-29(17-14-26)25(31)11-10-21-6-5-15-27-18-21/h1-7,9,15,18H,8,10-14,16-17,19-20H2,(H,28,30)/b4-3+. The molecule has 0 atom stereocenters. The normalized spacial score (nSPS) is 19.6. The second-order valence-electron chi connectivity index (χ2n) is 8.79. The molecule has 1 saturated heterocycles. The summed E-state index contributed by atoms with van der Waals surface area (Å²) in [5.74, 6) is 0.862. The summed E-state index contributed by atoms with van der Waals surface area (Å²) in [6.45, 7) is 2.10. The Morgan fingerprint density at radius 3 is 2.78 bits per heavy atom. The van der Waals surface area contributed by atoms with Gasteiger partial charge in [0, 0.05) is 38.4 Å². The number of ether oxygens (including phenoxy) is 1. The fourth-order valence-corrected chi connectivity index (χ4v) is 4.48. The third kappa shape index (κ3) is 5.75. The minimum atomic E-state index is -0.0984. The number of benzene rings is 1. The van der Waals surface area contributed by atoms with Gasteiger partial charge in [0.1, 0.15) is 5.75 Å². The molecule has 2 amide bonds. The number of hydrogen-bond acceptors (Lipinski definition) is 4. The SMILES string of the molecule is O=C1COc2ccccc2C/C=C/CC2(CCN(C(=O)CCc3cccnc3)CC2)CN1. The summed E-state index contributed by atoms with van der Waals surface area (Å²) >= 11 is 0. The Bertz CT molecular complexity index is 950. The van der Waals surface area contributed by atoms with Gasteiger partial charge in [-0.15, -0.1) is 0 Å². The highest BCUT2D eigenvalue weighted by Crippen LogP contribution is 2.35. The number of pyridine rings is 1. The number of carbonyl (C=O) groups is 2. The Balaban J connectivity index is 1.36. The molecule has 2 aromatic rings. The summed E-state index contributed by atoms with van der Waals surface area (Å²) in [5, 5.41) is 3.07. The molecule has 1 aromatic carbocycles. The molecule has 1 fully saturated rings. The number of nitrogens with one attached hydrogen (secondary N) is 1. The van der Waals surface area contributed by atoms with Crippen molar-refractivity contribution >= 4 is 11.8 Å². The van der Waals surface area contributed by atoms with Gasteiger partial charge in [0.15, 0.2) is 6.61 Å². The number of carbonyl (C=O) groups excluding carboxylic acids is 2. The molecular formula is C26H31N3O3. The first kappa shape index (κ1) is 22.1. The molecule has 6 heteroatoms. The van der Waals surface area contributed by atoms with Gasteiger partial charge < -0.3 is 15.0 Å². The lowest BCUT2D eigenvalue weighted by molar-refractivity contribution is -0.134. The van der Waals surface area contributed by atoms with Crippen molar-refractivity contribution in [2.75, 3.05) is 26.2 Å². The Labute approximate surface area is 189 Å². The summed E-state index contributed by atoms with van der Waals surface area (Å²) in [6, 6.07) is 11.8. The van der Waals surface area contributed by atoms with Crippen LogP contribution in [0.2, 0.25) is 0 Å². The average molecular weight is 434 g/mol. The molecule has 4 rings (SSSR count). The van der Waals surface area contributed by atoms with Crippen LogP contribution < -0.4 is 10.1 Å². The van der Waals surface area contributed by atoms with E-state index in [1.165, 1.54) is 0 Å². The number of amides is 2. The van der Waals surface area contributed by atoms with Gasteiger partial charge in [-0.1, -0.05) is 36.4 Å². The molecule has 1 spiro atoms. The molecule has 1 N–H and O–H groups in total. The van der Waals surface area contributed by atoms with Crippen molar-refractivity contribution in [3.63, 3.8) is 0 Å². The molecule has 3 heterocycles. The molecule has 0 saturated carbocycles. The number of nitrogens with zero attached hydrogens (tertiary/aromatic N) is 2. The second-order valence-corrected chi connectivity index (χ2v) is 8.79. The Hall–Kier alpha value is -3.15. The molecule has 2 aliphatic heterocycles. The first-order chi connectivity index (χ1) is 15.6. The summed E-state index contributed by atoms with van der Waals surface area (Å²) in [6.07, 6.45) is 12.7. The molecule has 0 unspecified atom stereocenters. The summed E-state index contributed by atoms with van der Waals surface area (Å²) in [4.78, 5) is 31.2. The molecule has 168 valence electrons. The largest absolute Gasteiger partial charge is 0.483 e. The van der Waals surface area contributed by atoms with E-state index in [2.05, 4.69) is 22.5 Å². The molecule has 0 bridgehead atoms. The van der Waals surface area contributed by atoms with E-state index in [4.69, 9.17) is 4.74 Å². The zero-order valence-corrected chi connectivity index (χ0v) is 18.5. The quantitative estimate of drug-likeness (QED) is 0.754.